The van der Waals surface area contributed by atoms with Crippen LogP contribution in [0.3, 0.4) is 0 Å². The highest BCUT2D eigenvalue weighted by Gasteiger charge is 2.28. The van der Waals surface area contributed by atoms with Crippen LogP contribution in [-0.2, 0) is 0 Å². The summed E-state index contributed by atoms with van der Waals surface area (Å²) in [5.41, 5.74) is 2.04. The van der Waals surface area contributed by atoms with Crippen molar-refractivity contribution in [2.24, 2.45) is 0 Å². The zero-order valence-corrected chi connectivity index (χ0v) is 8.43. The molecule has 13 heavy (non-hydrogen) atoms. The Morgan fingerprint density at radius 3 is 2.62 bits per heavy atom. The van der Waals surface area contributed by atoms with Gasteiger partial charge in [-0.3, -0.25) is 0 Å². The normalized spacial score (nSPS) is 15.9. The summed E-state index contributed by atoms with van der Waals surface area (Å²) in [4.78, 5) is 8.29. The maximum atomic E-state index is 5.94. The molecule has 1 heterocycles. The highest BCUT2D eigenvalue weighted by atomic mass is 35.5. The summed E-state index contributed by atoms with van der Waals surface area (Å²) in [6, 6.07) is 0.373. The van der Waals surface area contributed by atoms with Crippen LogP contribution in [-0.4, -0.2) is 17.1 Å². The Bertz CT molecular complexity index is 337. The zero-order valence-electron chi connectivity index (χ0n) is 7.67. The summed E-state index contributed by atoms with van der Waals surface area (Å²) in [6.07, 6.45) is 2.41. The summed E-state index contributed by atoms with van der Waals surface area (Å²) in [6.45, 7) is 1.95. The minimum absolute atomic E-state index is 0.373. The SMILES string of the molecule is COc1nc(Cl)c(C)c(C2CC2)n1. The highest BCUT2D eigenvalue weighted by molar-refractivity contribution is 6.30. The highest BCUT2D eigenvalue weighted by Crippen LogP contribution is 2.41. The zero-order chi connectivity index (χ0) is 9.42. The number of ether oxygens (including phenoxy) is 1. The van der Waals surface area contributed by atoms with Gasteiger partial charge in [-0.25, -0.2) is 0 Å². The number of methoxy groups -OCH3 is 1. The van der Waals surface area contributed by atoms with E-state index in [9.17, 15) is 0 Å². The van der Waals surface area contributed by atoms with E-state index in [1.807, 2.05) is 6.92 Å². The van der Waals surface area contributed by atoms with E-state index in [1.165, 1.54) is 12.8 Å². The molecule has 4 heteroatoms. The molecular formula is C9H11ClN2O. The number of rotatable bonds is 2. The summed E-state index contributed by atoms with van der Waals surface area (Å²) in [7, 11) is 1.55. The first kappa shape index (κ1) is 8.75. The second-order valence-electron chi connectivity index (χ2n) is 3.29. The molecule has 0 bridgehead atoms. The van der Waals surface area contributed by atoms with Gasteiger partial charge in [-0.15, -0.1) is 0 Å². The predicted octanol–water partition coefficient (Wildman–Crippen LogP) is 2.32. The molecule has 0 unspecified atom stereocenters. The van der Waals surface area contributed by atoms with E-state index in [0.29, 0.717) is 17.1 Å². The number of hydrogen-bond acceptors (Lipinski definition) is 3. The molecular weight excluding hydrogens is 188 g/mol. The van der Waals surface area contributed by atoms with Crippen molar-refractivity contribution in [2.75, 3.05) is 7.11 Å². The molecule has 1 saturated carbocycles. The Morgan fingerprint density at radius 1 is 1.38 bits per heavy atom. The first-order valence-corrected chi connectivity index (χ1v) is 4.68. The first-order valence-electron chi connectivity index (χ1n) is 4.30. The molecule has 0 amide bonds. The Kier molecular flexibility index (Phi) is 2.12. The van der Waals surface area contributed by atoms with E-state index in [-0.39, 0.29) is 0 Å². The van der Waals surface area contributed by atoms with Crippen molar-refractivity contribution in [1.29, 1.82) is 0 Å². The van der Waals surface area contributed by atoms with Crippen molar-refractivity contribution in [1.82, 2.24) is 9.97 Å². The molecule has 1 aliphatic carbocycles. The molecule has 70 valence electrons. The van der Waals surface area contributed by atoms with Crippen LogP contribution in [0, 0.1) is 6.92 Å². The molecule has 1 aliphatic rings. The molecule has 0 N–H and O–H groups in total. The summed E-state index contributed by atoms with van der Waals surface area (Å²) in [5.74, 6) is 0.578. The fraction of sp³-hybridized carbons (Fsp3) is 0.556. The van der Waals surface area contributed by atoms with E-state index in [2.05, 4.69) is 9.97 Å². The lowest BCUT2D eigenvalue weighted by molar-refractivity contribution is 0.377. The van der Waals surface area contributed by atoms with Gasteiger partial charge in [-0.1, -0.05) is 11.6 Å². The van der Waals surface area contributed by atoms with E-state index < -0.39 is 0 Å². The topological polar surface area (TPSA) is 35.0 Å². The van der Waals surface area contributed by atoms with Crippen molar-refractivity contribution in [3.8, 4) is 6.01 Å². The van der Waals surface area contributed by atoms with Crippen LogP contribution in [0.4, 0.5) is 0 Å². The molecule has 1 fully saturated rings. The lowest BCUT2D eigenvalue weighted by atomic mass is 10.2. The maximum Gasteiger partial charge on any atom is 0.317 e. The van der Waals surface area contributed by atoms with E-state index in [4.69, 9.17) is 16.3 Å². The van der Waals surface area contributed by atoms with Crippen molar-refractivity contribution in [2.45, 2.75) is 25.7 Å². The van der Waals surface area contributed by atoms with Crippen LogP contribution < -0.4 is 4.74 Å². The molecule has 1 aromatic rings. The minimum Gasteiger partial charge on any atom is -0.467 e. The average molecular weight is 199 g/mol. The van der Waals surface area contributed by atoms with Crippen LogP contribution in [0.5, 0.6) is 6.01 Å². The van der Waals surface area contributed by atoms with Gasteiger partial charge in [0.25, 0.3) is 0 Å². The standard InChI is InChI=1S/C9H11ClN2O/c1-5-7(6-3-4-6)11-9(13-2)12-8(5)10/h6H,3-4H2,1-2H3. The smallest absolute Gasteiger partial charge is 0.317 e. The van der Waals surface area contributed by atoms with E-state index in [0.717, 1.165) is 11.3 Å². The van der Waals surface area contributed by atoms with Gasteiger partial charge >= 0.3 is 6.01 Å². The number of hydrogen-bond donors (Lipinski definition) is 0. The first-order chi connectivity index (χ1) is 6.22. The summed E-state index contributed by atoms with van der Waals surface area (Å²) >= 11 is 5.94. The molecule has 0 atom stereocenters. The molecule has 0 aliphatic heterocycles. The number of halogens is 1. The Hall–Kier alpha value is -0.830. The Morgan fingerprint density at radius 2 is 2.08 bits per heavy atom. The van der Waals surface area contributed by atoms with E-state index in [1.54, 1.807) is 7.11 Å². The summed E-state index contributed by atoms with van der Waals surface area (Å²) < 4.78 is 4.96. The monoisotopic (exact) mass is 198 g/mol. The number of aromatic nitrogens is 2. The quantitative estimate of drug-likeness (QED) is 0.685. The molecule has 0 spiro atoms. The lowest BCUT2D eigenvalue weighted by Crippen LogP contribution is -1.99. The van der Waals surface area contributed by atoms with Gasteiger partial charge < -0.3 is 4.74 Å². The Balaban J connectivity index is 2.46. The van der Waals surface area contributed by atoms with Gasteiger partial charge in [-0.05, 0) is 19.8 Å². The average Bonchev–Trinajstić information content (AvgIpc) is 2.92. The van der Waals surface area contributed by atoms with Gasteiger partial charge in [0.2, 0.25) is 0 Å². The summed E-state index contributed by atoms with van der Waals surface area (Å²) in [5, 5.41) is 0.508. The molecule has 2 rings (SSSR count). The van der Waals surface area contributed by atoms with E-state index >= 15 is 0 Å². The molecule has 0 radical (unpaired) electrons. The van der Waals surface area contributed by atoms with Crippen molar-refractivity contribution in [3.63, 3.8) is 0 Å². The fourth-order valence-corrected chi connectivity index (χ4v) is 1.50. The third-order valence-electron chi connectivity index (χ3n) is 2.25. The van der Waals surface area contributed by atoms with Crippen LogP contribution in [0.15, 0.2) is 0 Å². The van der Waals surface area contributed by atoms with Crippen LogP contribution in [0.2, 0.25) is 5.15 Å². The predicted molar refractivity (Wildman–Crippen MR) is 50.3 cm³/mol. The molecule has 0 aromatic carbocycles. The molecule has 0 saturated heterocycles. The Labute approximate surface area is 82.1 Å². The van der Waals surface area contributed by atoms with Crippen molar-refractivity contribution >= 4 is 11.6 Å². The minimum atomic E-state index is 0.373. The second kappa shape index (κ2) is 3.14. The fourth-order valence-electron chi connectivity index (χ4n) is 1.33. The molecule has 1 aromatic heterocycles. The second-order valence-corrected chi connectivity index (χ2v) is 3.64. The number of nitrogens with zero attached hydrogens (tertiary/aromatic N) is 2. The van der Waals surface area contributed by atoms with Gasteiger partial charge in [0.15, 0.2) is 0 Å². The lowest BCUT2D eigenvalue weighted by Gasteiger charge is -2.06. The maximum absolute atomic E-state index is 5.94. The van der Waals surface area contributed by atoms with Gasteiger partial charge in [-0.2, -0.15) is 9.97 Å². The largest absolute Gasteiger partial charge is 0.467 e. The third kappa shape index (κ3) is 1.61. The third-order valence-corrected chi connectivity index (χ3v) is 2.62. The van der Waals surface area contributed by atoms with Gasteiger partial charge in [0, 0.05) is 11.5 Å². The van der Waals surface area contributed by atoms with Crippen LogP contribution in [0.1, 0.15) is 30.0 Å². The van der Waals surface area contributed by atoms with Gasteiger partial charge in [0.1, 0.15) is 5.15 Å². The van der Waals surface area contributed by atoms with Crippen LogP contribution in [0.25, 0.3) is 0 Å². The van der Waals surface area contributed by atoms with Gasteiger partial charge in [0.05, 0.1) is 12.8 Å². The van der Waals surface area contributed by atoms with Crippen molar-refractivity contribution < 1.29 is 4.74 Å². The van der Waals surface area contributed by atoms with Crippen molar-refractivity contribution in [3.05, 3.63) is 16.4 Å². The molecule has 3 nitrogen and oxygen atoms in total. The van der Waals surface area contributed by atoms with Crippen LogP contribution >= 0.6 is 11.6 Å².